The highest BCUT2D eigenvalue weighted by molar-refractivity contribution is 5.69. The van der Waals surface area contributed by atoms with E-state index >= 15 is 0 Å². The molecule has 0 spiro atoms. The number of carbonyl (C=O) groups is 1. The third-order valence-corrected chi connectivity index (χ3v) is 4.08. The lowest BCUT2D eigenvalue weighted by atomic mass is 9.77. The van der Waals surface area contributed by atoms with Crippen molar-refractivity contribution < 1.29 is 14.6 Å². The first-order valence-electron chi connectivity index (χ1n) is 7.53. The van der Waals surface area contributed by atoms with Crippen LogP contribution >= 0.6 is 0 Å². The highest BCUT2D eigenvalue weighted by Gasteiger charge is 2.33. The fraction of sp³-hybridized carbons (Fsp3) is 0.611. The van der Waals surface area contributed by atoms with Gasteiger partial charge in [-0.25, -0.2) is 0 Å². The normalized spacial score (nSPS) is 18.3. The van der Waals surface area contributed by atoms with E-state index < -0.39 is 5.97 Å². The fourth-order valence-electron chi connectivity index (χ4n) is 2.76. The van der Waals surface area contributed by atoms with Gasteiger partial charge in [-0.15, -0.1) is 0 Å². The number of hydrogen-bond donors (Lipinski definition) is 1. The Hall–Kier alpha value is -1.51. The first-order chi connectivity index (χ1) is 9.50. The van der Waals surface area contributed by atoms with Gasteiger partial charge in [-0.1, -0.05) is 53.7 Å². The second-order valence-corrected chi connectivity index (χ2v) is 8.05. The van der Waals surface area contributed by atoms with Crippen molar-refractivity contribution in [2.75, 3.05) is 6.61 Å². The second-order valence-electron chi connectivity index (χ2n) is 8.05. The van der Waals surface area contributed by atoms with Crippen molar-refractivity contribution in [1.82, 2.24) is 0 Å². The molecule has 0 fully saturated rings. The molecule has 1 atom stereocenters. The van der Waals surface area contributed by atoms with E-state index in [0.29, 0.717) is 6.61 Å². The highest BCUT2D eigenvalue weighted by atomic mass is 16.5. The molecule has 0 bridgehead atoms. The van der Waals surface area contributed by atoms with Gasteiger partial charge in [0.15, 0.2) is 0 Å². The van der Waals surface area contributed by atoms with E-state index in [-0.39, 0.29) is 23.2 Å². The number of aliphatic carboxylic acids is 1. The first-order valence-corrected chi connectivity index (χ1v) is 7.53. The lowest BCUT2D eigenvalue weighted by Crippen LogP contribution is -2.17. The van der Waals surface area contributed by atoms with E-state index in [2.05, 4.69) is 53.7 Å². The molecule has 21 heavy (non-hydrogen) atoms. The van der Waals surface area contributed by atoms with Crippen LogP contribution in [0.1, 0.15) is 70.6 Å². The molecule has 0 radical (unpaired) electrons. The number of benzene rings is 1. The third-order valence-electron chi connectivity index (χ3n) is 4.08. The maximum absolute atomic E-state index is 11.1. The Morgan fingerprint density at radius 1 is 1.19 bits per heavy atom. The van der Waals surface area contributed by atoms with Crippen LogP contribution in [0.25, 0.3) is 0 Å². The quantitative estimate of drug-likeness (QED) is 0.886. The van der Waals surface area contributed by atoms with E-state index in [1.807, 2.05) is 0 Å². The van der Waals surface area contributed by atoms with E-state index in [9.17, 15) is 4.79 Å². The molecule has 1 N–H and O–H groups in total. The summed E-state index contributed by atoms with van der Waals surface area (Å²) in [7, 11) is 0. The molecule has 2 rings (SSSR count). The number of carboxylic acids is 1. The Kier molecular flexibility index (Phi) is 3.81. The van der Waals surface area contributed by atoms with Crippen molar-refractivity contribution in [1.29, 1.82) is 0 Å². The molecular formula is C18H26O3. The van der Waals surface area contributed by atoms with Gasteiger partial charge in [-0.2, -0.15) is 0 Å². The van der Waals surface area contributed by atoms with Gasteiger partial charge in [0.1, 0.15) is 5.75 Å². The zero-order chi connectivity index (χ0) is 16.0. The Bertz CT molecular complexity index is 559. The lowest BCUT2D eigenvalue weighted by molar-refractivity contribution is -0.137. The average molecular weight is 290 g/mol. The van der Waals surface area contributed by atoms with Gasteiger partial charge in [0.05, 0.1) is 13.0 Å². The highest BCUT2D eigenvalue weighted by Crippen LogP contribution is 2.45. The zero-order valence-electron chi connectivity index (χ0n) is 13.9. The minimum Gasteiger partial charge on any atom is -0.492 e. The summed E-state index contributed by atoms with van der Waals surface area (Å²) >= 11 is 0. The molecule has 1 aliphatic rings. The Morgan fingerprint density at radius 2 is 1.81 bits per heavy atom. The van der Waals surface area contributed by atoms with Crippen molar-refractivity contribution in [3.05, 3.63) is 28.8 Å². The van der Waals surface area contributed by atoms with Crippen molar-refractivity contribution in [3.8, 4) is 5.75 Å². The molecule has 0 saturated carbocycles. The summed E-state index contributed by atoms with van der Waals surface area (Å²) in [6.07, 6.45) is 0.129. The van der Waals surface area contributed by atoms with Crippen LogP contribution in [0.4, 0.5) is 0 Å². The SMILES string of the molecule is CC(C)(C)c1cc2c(c(C(C)(C)C)c1)OC[C@H]2CC(=O)O. The van der Waals surface area contributed by atoms with Crippen LogP contribution < -0.4 is 4.74 Å². The summed E-state index contributed by atoms with van der Waals surface area (Å²) in [6, 6.07) is 4.37. The van der Waals surface area contributed by atoms with Crippen LogP contribution in [0.2, 0.25) is 0 Å². The van der Waals surface area contributed by atoms with Crippen LogP contribution in [0, 0.1) is 0 Å². The number of carboxylic acid groups (broad SMARTS) is 1. The minimum absolute atomic E-state index is 0.0243. The number of ether oxygens (including phenoxy) is 1. The van der Waals surface area contributed by atoms with Crippen molar-refractivity contribution in [2.45, 2.75) is 64.7 Å². The summed E-state index contributed by atoms with van der Waals surface area (Å²) in [5.41, 5.74) is 3.49. The maximum Gasteiger partial charge on any atom is 0.304 e. The summed E-state index contributed by atoms with van der Waals surface area (Å²) in [5, 5.41) is 9.10. The summed E-state index contributed by atoms with van der Waals surface area (Å²) < 4.78 is 5.87. The Morgan fingerprint density at radius 3 is 2.29 bits per heavy atom. The van der Waals surface area contributed by atoms with E-state index in [1.54, 1.807) is 0 Å². The van der Waals surface area contributed by atoms with Gasteiger partial charge in [0, 0.05) is 17.0 Å². The summed E-state index contributed by atoms with van der Waals surface area (Å²) in [4.78, 5) is 11.1. The second kappa shape index (κ2) is 5.04. The average Bonchev–Trinajstić information content (AvgIpc) is 2.68. The molecular weight excluding hydrogens is 264 g/mol. The number of fused-ring (bicyclic) bond motifs is 1. The van der Waals surface area contributed by atoms with E-state index in [0.717, 1.165) is 11.3 Å². The van der Waals surface area contributed by atoms with Gasteiger partial charge >= 0.3 is 5.97 Å². The zero-order valence-corrected chi connectivity index (χ0v) is 13.9. The molecule has 1 aromatic carbocycles. The monoisotopic (exact) mass is 290 g/mol. The Balaban J connectivity index is 2.60. The van der Waals surface area contributed by atoms with E-state index in [1.165, 1.54) is 11.1 Å². The third kappa shape index (κ3) is 3.22. The molecule has 3 heteroatoms. The van der Waals surface area contributed by atoms with Gasteiger partial charge in [-0.05, 0) is 16.4 Å². The largest absolute Gasteiger partial charge is 0.492 e. The van der Waals surface area contributed by atoms with E-state index in [4.69, 9.17) is 9.84 Å². The first kappa shape index (κ1) is 15.9. The molecule has 3 nitrogen and oxygen atoms in total. The summed E-state index contributed by atoms with van der Waals surface area (Å²) in [5.74, 6) is 0.0950. The maximum atomic E-state index is 11.1. The van der Waals surface area contributed by atoms with Crippen molar-refractivity contribution in [3.63, 3.8) is 0 Å². The van der Waals surface area contributed by atoms with Crippen LogP contribution in [0.3, 0.4) is 0 Å². The predicted octanol–water partition coefficient (Wildman–Crippen LogP) is 4.23. The van der Waals surface area contributed by atoms with Crippen LogP contribution in [0.15, 0.2) is 12.1 Å². The molecule has 0 aliphatic carbocycles. The smallest absolute Gasteiger partial charge is 0.304 e. The molecule has 0 unspecified atom stereocenters. The van der Waals surface area contributed by atoms with Crippen LogP contribution in [0.5, 0.6) is 5.75 Å². The molecule has 1 aromatic rings. The van der Waals surface area contributed by atoms with Gasteiger partial charge < -0.3 is 9.84 Å². The minimum atomic E-state index is -0.769. The van der Waals surface area contributed by atoms with Gasteiger partial charge in [0.25, 0.3) is 0 Å². The van der Waals surface area contributed by atoms with Crippen LogP contribution in [-0.2, 0) is 15.6 Å². The molecule has 0 aromatic heterocycles. The topological polar surface area (TPSA) is 46.5 Å². The van der Waals surface area contributed by atoms with Gasteiger partial charge in [0.2, 0.25) is 0 Å². The van der Waals surface area contributed by atoms with Crippen molar-refractivity contribution >= 4 is 5.97 Å². The predicted molar refractivity (Wildman–Crippen MR) is 84.3 cm³/mol. The van der Waals surface area contributed by atoms with Gasteiger partial charge in [-0.3, -0.25) is 4.79 Å². The molecule has 0 amide bonds. The molecule has 0 saturated heterocycles. The number of hydrogen-bond acceptors (Lipinski definition) is 2. The molecule has 1 aliphatic heterocycles. The molecule has 1 heterocycles. The summed E-state index contributed by atoms with van der Waals surface area (Å²) in [6.45, 7) is 13.5. The lowest BCUT2D eigenvalue weighted by Gasteiger charge is -2.27. The molecule has 116 valence electrons. The fourth-order valence-corrected chi connectivity index (χ4v) is 2.76. The van der Waals surface area contributed by atoms with Crippen molar-refractivity contribution in [2.24, 2.45) is 0 Å². The standard InChI is InChI=1S/C18H26O3/c1-17(2,3)12-8-13-11(7-15(19)20)10-21-16(13)14(9-12)18(4,5)6/h8-9,11H,7,10H2,1-6H3,(H,19,20)/t11-/m1/s1. The van der Waals surface area contributed by atoms with Crippen LogP contribution in [-0.4, -0.2) is 17.7 Å². The number of rotatable bonds is 2. The Labute approximate surface area is 127 Å².